The number of sulfone groups is 1. The lowest BCUT2D eigenvalue weighted by Crippen LogP contribution is -2.31. The van der Waals surface area contributed by atoms with Crippen LogP contribution in [0.5, 0.6) is 0 Å². The Labute approximate surface area is 157 Å². The van der Waals surface area contributed by atoms with E-state index in [1.807, 2.05) is 24.3 Å². The summed E-state index contributed by atoms with van der Waals surface area (Å²) in [5, 5.41) is 2.14. The van der Waals surface area contributed by atoms with E-state index >= 15 is 0 Å². The first-order chi connectivity index (χ1) is 11.7. The fraction of sp³-hybridized carbons (Fsp3) is 0.278. The predicted molar refractivity (Wildman–Crippen MR) is 103 cm³/mol. The second kappa shape index (κ2) is 8.01. The van der Waals surface area contributed by atoms with E-state index < -0.39 is 15.1 Å². The molecule has 0 saturated carbocycles. The summed E-state index contributed by atoms with van der Waals surface area (Å²) in [5.41, 5.74) is 1.27. The monoisotopic (exact) mass is 424 g/mol. The first kappa shape index (κ1) is 19.5. The highest BCUT2D eigenvalue weighted by Gasteiger charge is 2.23. The van der Waals surface area contributed by atoms with Crippen LogP contribution in [0.15, 0.2) is 57.9 Å². The maximum atomic E-state index is 12.5. The number of hydrogen-bond donors (Lipinski definition) is 1. The molecule has 1 N–H and O–H groups in total. The highest BCUT2D eigenvalue weighted by molar-refractivity contribution is 9.10. The summed E-state index contributed by atoms with van der Waals surface area (Å²) in [5.74, 6) is 0. The number of nitrogens with zero attached hydrogens (tertiary/aromatic N) is 1. The van der Waals surface area contributed by atoms with E-state index in [1.54, 1.807) is 39.1 Å². The van der Waals surface area contributed by atoms with Gasteiger partial charge in [0.1, 0.15) is 0 Å². The number of amides is 2. The van der Waals surface area contributed by atoms with Crippen molar-refractivity contribution < 1.29 is 13.2 Å². The molecule has 0 aromatic heterocycles. The highest BCUT2D eigenvalue weighted by atomic mass is 79.9. The minimum Gasteiger partial charge on any atom is -0.323 e. The molecule has 0 unspecified atom stereocenters. The molecule has 0 saturated heterocycles. The van der Waals surface area contributed by atoms with Gasteiger partial charge in [-0.3, -0.25) is 0 Å². The van der Waals surface area contributed by atoms with Crippen molar-refractivity contribution in [2.75, 3.05) is 12.4 Å². The summed E-state index contributed by atoms with van der Waals surface area (Å²) >= 11 is 3.37. The van der Waals surface area contributed by atoms with Crippen molar-refractivity contribution in [2.24, 2.45) is 0 Å². The molecule has 2 amide bonds. The number of halogens is 1. The number of hydrogen-bond acceptors (Lipinski definition) is 3. The number of carbonyl (C=O) groups excluding carboxylic acids is 1. The molecule has 5 nitrogen and oxygen atoms in total. The van der Waals surface area contributed by atoms with E-state index in [0.717, 1.165) is 10.0 Å². The molecule has 25 heavy (non-hydrogen) atoms. The van der Waals surface area contributed by atoms with Gasteiger partial charge < -0.3 is 10.2 Å². The standard InChI is InChI=1S/C18H21BrN2O3S/c1-13(2)25(23,24)17-7-5-4-6-16(17)20-18(22)21(3)12-14-8-10-15(19)11-9-14/h4-11,13H,12H2,1-3H3,(H,20,22). The fourth-order valence-electron chi connectivity index (χ4n) is 2.22. The van der Waals surface area contributed by atoms with Crippen LogP contribution >= 0.6 is 15.9 Å². The molecular weight excluding hydrogens is 404 g/mol. The van der Waals surface area contributed by atoms with Crippen LogP contribution in [0.25, 0.3) is 0 Å². The van der Waals surface area contributed by atoms with Gasteiger partial charge in [-0.25, -0.2) is 13.2 Å². The Morgan fingerprint density at radius 1 is 1.12 bits per heavy atom. The van der Waals surface area contributed by atoms with Gasteiger partial charge in [0.05, 0.1) is 15.8 Å². The summed E-state index contributed by atoms with van der Waals surface area (Å²) in [6.07, 6.45) is 0. The van der Waals surface area contributed by atoms with Crippen molar-refractivity contribution in [2.45, 2.75) is 30.5 Å². The average molecular weight is 425 g/mol. The third-order valence-corrected chi connectivity index (χ3v) is 6.47. The normalized spacial score (nSPS) is 11.4. The zero-order valence-electron chi connectivity index (χ0n) is 14.4. The molecule has 2 rings (SSSR count). The van der Waals surface area contributed by atoms with E-state index in [-0.39, 0.29) is 10.9 Å². The molecule has 0 atom stereocenters. The highest BCUT2D eigenvalue weighted by Crippen LogP contribution is 2.25. The minimum atomic E-state index is -3.48. The molecule has 7 heteroatoms. The van der Waals surface area contributed by atoms with Crippen LogP contribution in [-0.4, -0.2) is 31.6 Å². The van der Waals surface area contributed by atoms with Crippen LogP contribution in [0.3, 0.4) is 0 Å². The Morgan fingerprint density at radius 2 is 1.72 bits per heavy atom. The van der Waals surface area contributed by atoms with Crippen LogP contribution in [0, 0.1) is 0 Å². The van der Waals surface area contributed by atoms with Crippen molar-refractivity contribution in [3.63, 3.8) is 0 Å². The number of para-hydroxylation sites is 1. The number of benzene rings is 2. The van der Waals surface area contributed by atoms with E-state index in [4.69, 9.17) is 0 Å². The van der Waals surface area contributed by atoms with E-state index in [0.29, 0.717) is 12.2 Å². The van der Waals surface area contributed by atoms with Gasteiger partial charge in [0.2, 0.25) is 0 Å². The third kappa shape index (κ3) is 4.83. The fourth-order valence-corrected chi connectivity index (χ4v) is 3.68. The maximum absolute atomic E-state index is 12.5. The zero-order valence-corrected chi connectivity index (χ0v) is 16.8. The molecule has 0 aliphatic rings. The molecule has 2 aromatic carbocycles. The van der Waals surface area contributed by atoms with Gasteiger partial charge in [0.25, 0.3) is 0 Å². The van der Waals surface area contributed by atoms with Gasteiger partial charge in [-0.1, -0.05) is 40.2 Å². The van der Waals surface area contributed by atoms with Gasteiger partial charge in [-0.2, -0.15) is 0 Å². The molecule has 0 spiro atoms. The number of nitrogens with one attached hydrogen (secondary N) is 1. The molecule has 0 radical (unpaired) electrons. The average Bonchev–Trinajstić information content (AvgIpc) is 2.57. The molecule has 0 aliphatic carbocycles. The van der Waals surface area contributed by atoms with Crippen molar-refractivity contribution >= 4 is 37.5 Å². The maximum Gasteiger partial charge on any atom is 0.321 e. The third-order valence-electron chi connectivity index (χ3n) is 3.74. The Balaban J connectivity index is 2.16. The lowest BCUT2D eigenvalue weighted by molar-refractivity contribution is 0.220. The lowest BCUT2D eigenvalue weighted by atomic mass is 10.2. The Bertz CT molecular complexity index is 849. The largest absolute Gasteiger partial charge is 0.323 e. The SMILES string of the molecule is CC(C)S(=O)(=O)c1ccccc1NC(=O)N(C)Cc1ccc(Br)cc1. The van der Waals surface area contributed by atoms with Gasteiger partial charge in [-0.05, 0) is 43.7 Å². The second-order valence-electron chi connectivity index (χ2n) is 6.00. The van der Waals surface area contributed by atoms with Gasteiger partial charge >= 0.3 is 6.03 Å². The van der Waals surface area contributed by atoms with Crippen molar-refractivity contribution in [3.8, 4) is 0 Å². The molecule has 0 fully saturated rings. The van der Waals surface area contributed by atoms with Crippen LogP contribution in [0.1, 0.15) is 19.4 Å². The summed E-state index contributed by atoms with van der Waals surface area (Å²) in [6, 6.07) is 13.8. The number of carbonyl (C=O) groups is 1. The van der Waals surface area contributed by atoms with Crippen molar-refractivity contribution in [1.82, 2.24) is 4.90 Å². The minimum absolute atomic E-state index is 0.135. The summed E-state index contributed by atoms with van der Waals surface area (Å²) in [6.45, 7) is 3.65. The second-order valence-corrected chi connectivity index (χ2v) is 9.39. The Hall–Kier alpha value is -1.86. The summed E-state index contributed by atoms with van der Waals surface area (Å²) < 4.78 is 25.9. The number of anilines is 1. The molecular formula is C18H21BrN2O3S. The molecule has 0 bridgehead atoms. The summed E-state index contributed by atoms with van der Waals surface area (Å²) in [4.78, 5) is 14.1. The first-order valence-electron chi connectivity index (χ1n) is 7.81. The zero-order chi connectivity index (χ0) is 18.6. The van der Waals surface area contributed by atoms with Gasteiger partial charge in [-0.15, -0.1) is 0 Å². The quantitative estimate of drug-likeness (QED) is 0.777. The molecule has 0 aliphatic heterocycles. The Morgan fingerprint density at radius 3 is 2.32 bits per heavy atom. The van der Waals surface area contributed by atoms with Gasteiger partial charge in [0, 0.05) is 18.1 Å². The number of urea groups is 1. The van der Waals surface area contributed by atoms with Crippen LogP contribution in [0.4, 0.5) is 10.5 Å². The topological polar surface area (TPSA) is 66.5 Å². The Kier molecular flexibility index (Phi) is 6.24. The molecule has 134 valence electrons. The van der Waals surface area contributed by atoms with E-state index in [9.17, 15) is 13.2 Å². The molecule has 2 aromatic rings. The van der Waals surface area contributed by atoms with E-state index in [1.165, 1.54) is 11.0 Å². The van der Waals surface area contributed by atoms with Crippen molar-refractivity contribution in [1.29, 1.82) is 0 Å². The van der Waals surface area contributed by atoms with Crippen LogP contribution < -0.4 is 5.32 Å². The number of rotatable bonds is 5. The van der Waals surface area contributed by atoms with Crippen LogP contribution in [0.2, 0.25) is 0 Å². The molecule has 0 heterocycles. The lowest BCUT2D eigenvalue weighted by Gasteiger charge is -2.20. The summed E-state index contributed by atoms with van der Waals surface area (Å²) in [7, 11) is -1.82. The predicted octanol–water partition coefficient (Wildman–Crippen LogP) is 4.30. The smallest absolute Gasteiger partial charge is 0.321 e. The first-order valence-corrected chi connectivity index (χ1v) is 10.1. The van der Waals surface area contributed by atoms with Crippen LogP contribution in [-0.2, 0) is 16.4 Å². The van der Waals surface area contributed by atoms with Gasteiger partial charge in [0.15, 0.2) is 9.84 Å². The van der Waals surface area contributed by atoms with E-state index in [2.05, 4.69) is 21.2 Å². The van der Waals surface area contributed by atoms with Crippen molar-refractivity contribution in [3.05, 3.63) is 58.6 Å².